The minimum atomic E-state index is -4.27. The van der Waals surface area contributed by atoms with Gasteiger partial charge in [0.05, 0.1) is 23.5 Å². The van der Waals surface area contributed by atoms with Gasteiger partial charge in [0.25, 0.3) is 0 Å². The maximum atomic E-state index is 11.7. The molecule has 0 fully saturated rings. The van der Waals surface area contributed by atoms with Crippen LogP contribution < -0.4 is 9.88 Å². The molecule has 1 aromatic heterocycles. The zero-order valence-corrected chi connectivity index (χ0v) is 31.0. The summed E-state index contributed by atoms with van der Waals surface area (Å²) in [5.41, 5.74) is 3.02. The molecule has 0 atom stereocenters. The topological polar surface area (TPSA) is 135 Å². The number of nitrogens with zero attached hydrogens (tertiary/aromatic N) is 1. The van der Waals surface area contributed by atoms with Crippen molar-refractivity contribution in [3.05, 3.63) is 46.9 Å². The van der Waals surface area contributed by atoms with E-state index < -0.39 is 16.2 Å². The number of hydrogen-bond donors (Lipinski definition) is 1. The number of esters is 1. The smallest absolute Gasteiger partial charge is 0.407 e. The molecule has 0 aliphatic rings. The summed E-state index contributed by atoms with van der Waals surface area (Å²) in [5.74, 6) is -0.185. The van der Waals surface area contributed by atoms with E-state index in [1.54, 1.807) is 23.5 Å². The fourth-order valence-corrected chi connectivity index (χ4v) is 5.90. The Bertz CT molecular complexity index is 1160. The quantitative estimate of drug-likeness (QED) is 0.0428. The van der Waals surface area contributed by atoms with E-state index in [-0.39, 0.29) is 24.1 Å². The number of ether oxygens (including phenoxy) is 3. The van der Waals surface area contributed by atoms with Crippen LogP contribution >= 0.6 is 11.3 Å². The Balaban J connectivity index is 0.000000879. The second kappa shape index (κ2) is 29.4. The van der Waals surface area contributed by atoms with E-state index in [4.69, 9.17) is 14.2 Å². The molecule has 2 aromatic rings. The number of thiazole rings is 1. The van der Waals surface area contributed by atoms with Gasteiger partial charge in [-0.3, -0.25) is 4.79 Å². The van der Waals surface area contributed by atoms with Gasteiger partial charge in [0, 0.05) is 19.4 Å². The van der Waals surface area contributed by atoms with Gasteiger partial charge in [-0.15, -0.1) is 0 Å². The van der Waals surface area contributed by atoms with Crippen molar-refractivity contribution in [2.45, 2.75) is 134 Å². The predicted molar refractivity (Wildman–Crippen MR) is 189 cm³/mol. The van der Waals surface area contributed by atoms with Crippen molar-refractivity contribution in [3.8, 4) is 0 Å². The van der Waals surface area contributed by atoms with Gasteiger partial charge in [0.1, 0.15) is 29.9 Å². The molecule has 12 heteroatoms. The number of hydrogen-bond acceptors (Lipinski definition) is 9. The lowest BCUT2D eigenvalue weighted by Gasteiger charge is -2.08. The Labute approximate surface area is 293 Å². The van der Waals surface area contributed by atoms with E-state index >= 15 is 0 Å². The van der Waals surface area contributed by atoms with Crippen molar-refractivity contribution >= 4 is 33.5 Å². The molecule has 0 saturated heterocycles. The molecule has 2 rings (SSSR count). The van der Waals surface area contributed by atoms with Crippen LogP contribution in [-0.4, -0.2) is 58.0 Å². The second-order valence-corrected chi connectivity index (χ2v) is 14.1. The van der Waals surface area contributed by atoms with E-state index in [2.05, 4.69) is 33.9 Å². The Hall–Kier alpha value is -2.54. The highest BCUT2D eigenvalue weighted by atomic mass is 32.2. The highest BCUT2D eigenvalue weighted by Gasteiger charge is 2.05. The van der Waals surface area contributed by atoms with Crippen LogP contribution in [0.2, 0.25) is 0 Å². The average Bonchev–Trinajstić information content (AvgIpc) is 3.58. The first-order chi connectivity index (χ1) is 23.2. The average molecular weight is 713 g/mol. The molecule has 48 heavy (non-hydrogen) atoms. The number of aromatic nitrogens is 1. The Kier molecular flexibility index (Phi) is 26.6. The zero-order chi connectivity index (χ0) is 35.1. The molecule has 1 aromatic carbocycles. The van der Waals surface area contributed by atoms with Crippen molar-refractivity contribution in [2.75, 3.05) is 33.0 Å². The van der Waals surface area contributed by atoms with Gasteiger partial charge >= 0.3 is 12.1 Å². The van der Waals surface area contributed by atoms with E-state index in [1.807, 2.05) is 6.92 Å². The third-order valence-electron chi connectivity index (χ3n) is 7.64. The van der Waals surface area contributed by atoms with Crippen LogP contribution in [0.4, 0.5) is 4.79 Å². The Morgan fingerprint density at radius 2 is 1.33 bits per heavy atom. The molecular formula is C36H60N2O8S2. The van der Waals surface area contributed by atoms with Crippen LogP contribution in [0.5, 0.6) is 0 Å². The summed E-state index contributed by atoms with van der Waals surface area (Å²) < 4.78 is 49.0. The fraction of sp³-hybridized carbons (Fsp3) is 0.694. The molecule has 1 N–H and O–H groups in total. The maximum Gasteiger partial charge on any atom is 0.407 e. The molecule has 10 nitrogen and oxygen atoms in total. The maximum absolute atomic E-state index is 11.7. The van der Waals surface area contributed by atoms with Crippen molar-refractivity contribution < 1.29 is 41.3 Å². The second-order valence-electron chi connectivity index (χ2n) is 12.0. The third kappa shape index (κ3) is 26.4. The molecule has 1 amide bonds. The van der Waals surface area contributed by atoms with Crippen LogP contribution in [0.15, 0.2) is 46.2 Å². The van der Waals surface area contributed by atoms with E-state index in [9.17, 15) is 22.6 Å². The largest absolute Gasteiger partial charge is 0.744 e. The summed E-state index contributed by atoms with van der Waals surface area (Å²) in [5, 5.41) is 4.85. The number of nitrogens with one attached hydrogen (secondary N) is 1. The van der Waals surface area contributed by atoms with Crippen molar-refractivity contribution in [3.63, 3.8) is 0 Å². The first kappa shape index (κ1) is 43.5. The number of amides is 1. The van der Waals surface area contributed by atoms with Crippen LogP contribution in [0.3, 0.4) is 0 Å². The molecule has 0 bridgehead atoms. The minimum Gasteiger partial charge on any atom is -0.744 e. The Morgan fingerprint density at radius 3 is 1.90 bits per heavy atom. The van der Waals surface area contributed by atoms with Crippen LogP contribution in [-0.2, 0) is 35.7 Å². The summed E-state index contributed by atoms with van der Waals surface area (Å²) in [7, 11) is -4.27. The van der Waals surface area contributed by atoms with Gasteiger partial charge in [0.2, 0.25) is 5.51 Å². The van der Waals surface area contributed by atoms with Gasteiger partial charge in [-0.2, -0.15) is 4.57 Å². The monoisotopic (exact) mass is 712 g/mol. The van der Waals surface area contributed by atoms with Crippen molar-refractivity contribution in [2.24, 2.45) is 0 Å². The normalized spacial score (nSPS) is 11.1. The first-order valence-electron chi connectivity index (χ1n) is 17.8. The third-order valence-corrected chi connectivity index (χ3v) is 9.16. The molecule has 0 radical (unpaired) electrons. The van der Waals surface area contributed by atoms with E-state index in [0.717, 1.165) is 44.2 Å². The van der Waals surface area contributed by atoms with Crippen LogP contribution in [0, 0.1) is 6.92 Å². The van der Waals surface area contributed by atoms with E-state index in [0.29, 0.717) is 26.2 Å². The van der Waals surface area contributed by atoms with Gasteiger partial charge in [-0.1, -0.05) is 113 Å². The summed E-state index contributed by atoms with van der Waals surface area (Å²) >= 11 is 1.68. The van der Waals surface area contributed by atoms with Crippen LogP contribution in [0.25, 0.3) is 0 Å². The molecule has 0 aliphatic heterocycles. The zero-order valence-electron chi connectivity index (χ0n) is 29.3. The first-order valence-corrected chi connectivity index (χ1v) is 20.1. The van der Waals surface area contributed by atoms with Crippen molar-refractivity contribution in [1.29, 1.82) is 0 Å². The van der Waals surface area contributed by atoms with Gasteiger partial charge < -0.3 is 24.1 Å². The summed E-state index contributed by atoms with van der Waals surface area (Å²) in [4.78, 5) is 23.2. The number of carbonyl (C=O) groups is 2. The molecule has 0 saturated carbocycles. The number of unbranched alkanes of at least 4 members (excludes halogenated alkanes) is 14. The fourth-order valence-electron chi connectivity index (χ4n) is 4.80. The standard InChI is InChI=1S/C29H52N2O5S.C7H8O3S/c1-2-3-4-5-6-7-8-9-10-11-12-13-16-19-30-29(33)36-25-23-34-22-24-35-28(32)18-15-14-17-20-31-21-26-37-27-31;1-6-2-4-7(5-3-6)11(8,9)10/h21,26-27H,2-20,22-25H2,1H3;2-5H,1H3,(H,8,9,10). The predicted octanol–water partition coefficient (Wildman–Crippen LogP) is 7.87. The van der Waals surface area contributed by atoms with Crippen LogP contribution in [0.1, 0.15) is 122 Å². The highest BCUT2D eigenvalue weighted by Crippen LogP contribution is 2.12. The lowest BCUT2D eigenvalue weighted by molar-refractivity contribution is -0.692. The molecular weight excluding hydrogens is 653 g/mol. The minimum absolute atomic E-state index is 0.178. The lowest BCUT2D eigenvalue weighted by atomic mass is 10.0. The molecule has 1 heterocycles. The molecule has 0 spiro atoms. The molecule has 0 unspecified atom stereocenters. The number of alkyl carbamates (subject to hydrolysis) is 1. The Morgan fingerprint density at radius 1 is 0.771 bits per heavy atom. The number of benzene rings is 1. The number of aryl methyl sites for hydroxylation is 2. The SMILES string of the molecule is CCCCCCCCCCCCCCCNC(=O)OCCOCCOC(=O)CCCCC[n+]1ccsc1.Cc1ccc(S(=O)(=O)[O-])cc1. The summed E-state index contributed by atoms with van der Waals surface area (Å²) in [6, 6.07) is 5.78. The summed E-state index contributed by atoms with van der Waals surface area (Å²) in [6.07, 6.45) is 22.1. The highest BCUT2D eigenvalue weighted by molar-refractivity contribution is 7.85. The molecule has 0 aliphatic carbocycles. The summed E-state index contributed by atoms with van der Waals surface area (Å²) in [6.45, 7) is 6.76. The number of carbonyl (C=O) groups excluding carboxylic acids is 2. The van der Waals surface area contributed by atoms with Gasteiger partial charge in [-0.05, 0) is 38.3 Å². The number of rotatable bonds is 27. The molecule has 274 valence electrons. The van der Waals surface area contributed by atoms with E-state index in [1.165, 1.54) is 82.8 Å². The lowest BCUT2D eigenvalue weighted by Crippen LogP contribution is -2.29. The van der Waals surface area contributed by atoms with Gasteiger partial charge in [-0.25, -0.2) is 13.2 Å². The van der Waals surface area contributed by atoms with Gasteiger partial charge in [0.15, 0.2) is 6.20 Å². The van der Waals surface area contributed by atoms with Crippen molar-refractivity contribution in [1.82, 2.24) is 5.32 Å².